The fourth-order valence-electron chi connectivity index (χ4n) is 1.67. The van der Waals surface area contributed by atoms with Gasteiger partial charge in [0, 0.05) is 19.6 Å². The molecule has 2 nitrogen and oxygen atoms in total. The summed E-state index contributed by atoms with van der Waals surface area (Å²) < 4.78 is 11.4. The third-order valence-corrected chi connectivity index (χ3v) is 2.74. The Hall–Kier alpha value is -1.80. The molecule has 0 N–H and O–H groups in total. The number of rotatable bonds is 4. The van der Waals surface area contributed by atoms with Crippen LogP contribution in [0.2, 0.25) is 0 Å². The van der Waals surface area contributed by atoms with Crippen molar-refractivity contribution in [3.63, 3.8) is 0 Å². The normalized spacial score (nSPS) is 14.0. The van der Waals surface area contributed by atoms with Gasteiger partial charge in [0.1, 0.15) is 5.75 Å². The molecule has 2 rings (SSSR count). The quantitative estimate of drug-likeness (QED) is 0.744. The van der Waals surface area contributed by atoms with Crippen molar-refractivity contribution in [2.45, 2.75) is 12.7 Å². The molecule has 0 saturated heterocycles. The lowest BCUT2D eigenvalue weighted by atomic mass is 10.1. The summed E-state index contributed by atoms with van der Waals surface area (Å²) in [5.41, 5.74) is 0.992. The number of benzene rings is 2. The van der Waals surface area contributed by atoms with Crippen LogP contribution in [0.5, 0.6) is 5.75 Å². The van der Waals surface area contributed by atoms with Gasteiger partial charge in [-0.25, -0.2) is 0 Å². The minimum atomic E-state index is -0.761. The summed E-state index contributed by atoms with van der Waals surface area (Å²) in [5, 5.41) is 0. The molecule has 0 heterocycles. The van der Waals surface area contributed by atoms with Crippen LogP contribution in [-0.4, -0.2) is 7.11 Å². The molecular weight excluding hydrogens is 212 g/mol. The van der Waals surface area contributed by atoms with E-state index < -0.39 is 5.79 Å². The SMILES string of the molecule is COC(C)(Oc1ccccc1)c1ccccc1. The Morgan fingerprint density at radius 2 is 1.35 bits per heavy atom. The smallest absolute Gasteiger partial charge is 0.234 e. The van der Waals surface area contributed by atoms with Crippen molar-refractivity contribution in [1.82, 2.24) is 0 Å². The van der Waals surface area contributed by atoms with Crippen LogP contribution >= 0.6 is 0 Å². The monoisotopic (exact) mass is 228 g/mol. The van der Waals surface area contributed by atoms with E-state index in [9.17, 15) is 0 Å². The van der Waals surface area contributed by atoms with Crippen LogP contribution in [0, 0.1) is 0 Å². The average molecular weight is 228 g/mol. The highest BCUT2D eigenvalue weighted by Gasteiger charge is 2.28. The van der Waals surface area contributed by atoms with Crippen LogP contribution in [0.3, 0.4) is 0 Å². The second kappa shape index (κ2) is 5.02. The molecule has 17 heavy (non-hydrogen) atoms. The molecule has 0 aromatic heterocycles. The zero-order chi connectivity index (χ0) is 12.1. The predicted molar refractivity (Wildman–Crippen MR) is 67.9 cm³/mol. The summed E-state index contributed by atoms with van der Waals surface area (Å²) in [4.78, 5) is 0. The van der Waals surface area contributed by atoms with Crippen LogP contribution in [0.15, 0.2) is 60.7 Å². The summed E-state index contributed by atoms with van der Waals surface area (Å²) >= 11 is 0. The Bertz CT molecular complexity index is 453. The van der Waals surface area contributed by atoms with E-state index in [1.54, 1.807) is 7.11 Å². The highest BCUT2D eigenvalue weighted by Crippen LogP contribution is 2.28. The Kier molecular flexibility index (Phi) is 3.45. The zero-order valence-electron chi connectivity index (χ0n) is 10.1. The topological polar surface area (TPSA) is 18.5 Å². The van der Waals surface area contributed by atoms with E-state index in [0.29, 0.717) is 0 Å². The van der Waals surface area contributed by atoms with Gasteiger partial charge in [0.15, 0.2) is 0 Å². The van der Waals surface area contributed by atoms with Gasteiger partial charge in [-0.05, 0) is 12.1 Å². The number of para-hydroxylation sites is 1. The van der Waals surface area contributed by atoms with Crippen LogP contribution in [0.1, 0.15) is 12.5 Å². The Morgan fingerprint density at radius 1 is 0.824 bits per heavy atom. The van der Waals surface area contributed by atoms with E-state index in [1.807, 2.05) is 67.6 Å². The zero-order valence-corrected chi connectivity index (χ0v) is 10.1. The largest absolute Gasteiger partial charge is 0.458 e. The van der Waals surface area contributed by atoms with Crippen LogP contribution in [0.25, 0.3) is 0 Å². The van der Waals surface area contributed by atoms with Crippen LogP contribution in [0.4, 0.5) is 0 Å². The molecule has 0 saturated carbocycles. The minimum Gasteiger partial charge on any atom is -0.458 e. The molecule has 0 spiro atoms. The first-order valence-electron chi connectivity index (χ1n) is 5.59. The van der Waals surface area contributed by atoms with Crippen molar-refractivity contribution < 1.29 is 9.47 Å². The van der Waals surface area contributed by atoms with Gasteiger partial charge in [0.05, 0.1) is 0 Å². The molecule has 1 unspecified atom stereocenters. The Morgan fingerprint density at radius 3 is 1.88 bits per heavy atom. The molecule has 88 valence electrons. The summed E-state index contributed by atoms with van der Waals surface area (Å²) in [7, 11) is 1.65. The van der Waals surface area contributed by atoms with Gasteiger partial charge in [0.25, 0.3) is 0 Å². The van der Waals surface area contributed by atoms with Crippen molar-refractivity contribution in [1.29, 1.82) is 0 Å². The fraction of sp³-hybridized carbons (Fsp3) is 0.200. The van der Waals surface area contributed by atoms with Gasteiger partial charge in [0.2, 0.25) is 5.79 Å². The number of hydrogen-bond donors (Lipinski definition) is 0. The molecule has 0 amide bonds. The highest BCUT2D eigenvalue weighted by atomic mass is 16.7. The van der Waals surface area contributed by atoms with Crippen molar-refractivity contribution >= 4 is 0 Å². The van der Waals surface area contributed by atoms with Crippen molar-refractivity contribution in [3.05, 3.63) is 66.2 Å². The Balaban J connectivity index is 2.27. The third kappa shape index (κ3) is 2.66. The van der Waals surface area contributed by atoms with Crippen molar-refractivity contribution in [2.75, 3.05) is 7.11 Å². The van der Waals surface area contributed by atoms with Gasteiger partial charge >= 0.3 is 0 Å². The van der Waals surface area contributed by atoms with Crippen LogP contribution < -0.4 is 4.74 Å². The first kappa shape index (κ1) is 11.7. The molecule has 0 radical (unpaired) electrons. The van der Waals surface area contributed by atoms with Gasteiger partial charge in [-0.3, -0.25) is 0 Å². The molecule has 0 fully saturated rings. The van der Waals surface area contributed by atoms with E-state index >= 15 is 0 Å². The standard InChI is InChI=1S/C15H16O2/c1-15(16-2,13-9-5-3-6-10-13)17-14-11-7-4-8-12-14/h3-12H,1-2H3. The lowest BCUT2D eigenvalue weighted by Gasteiger charge is -2.29. The molecule has 2 heteroatoms. The van der Waals surface area contributed by atoms with Gasteiger partial charge in [-0.1, -0.05) is 48.5 Å². The molecule has 0 aliphatic carbocycles. The van der Waals surface area contributed by atoms with E-state index in [-0.39, 0.29) is 0 Å². The highest BCUT2D eigenvalue weighted by molar-refractivity contribution is 5.25. The van der Waals surface area contributed by atoms with Gasteiger partial charge in [-0.2, -0.15) is 0 Å². The van der Waals surface area contributed by atoms with E-state index in [1.165, 1.54) is 0 Å². The van der Waals surface area contributed by atoms with Crippen molar-refractivity contribution in [2.24, 2.45) is 0 Å². The molecule has 2 aromatic carbocycles. The van der Waals surface area contributed by atoms with Gasteiger partial charge < -0.3 is 9.47 Å². The number of hydrogen-bond acceptors (Lipinski definition) is 2. The second-order valence-corrected chi connectivity index (χ2v) is 3.93. The lowest BCUT2D eigenvalue weighted by Crippen LogP contribution is -2.31. The van der Waals surface area contributed by atoms with Gasteiger partial charge in [-0.15, -0.1) is 0 Å². The average Bonchev–Trinajstić information content (AvgIpc) is 2.41. The molecular formula is C15H16O2. The summed E-state index contributed by atoms with van der Waals surface area (Å²) in [6.07, 6.45) is 0. The van der Waals surface area contributed by atoms with E-state index in [4.69, 9.17) is 9.47 Å². The van der Waals surface area contributed by atoms with Crippen LogP contribution in [-0.2, 0) is 10.5 Å². The Labute approximate surface area is 102 Å². The maximum absolute atomic E-state index is 5.91. The summed E-state index contributed by atoms with van der Waals surface area (Å²) in [6.45, 7) is 1.91. The number of ether oxygens (including phenoxy) is 2. The maximum Gasteiger partial charge on any atom is 0.234 e. The number of methoxy groups -OCH3 is 1. The van der Waals surface area contributed by atoms with Crippen molar-refractivity contribution in [3.8, 4) is 5.75 Å². The fourth-order valence-corrected chi connectivity index (χ4v) is 1.67. The molecule has 2 aromatic rings. The van der Waals surface area contributed by atoms with E-state index in [2.05, 4.69) is 0 Å². The maximum atomic E-state index is 5.91. The second-order valence-electron chi connectivity index (χ2n) is 3.93. The first-order valence-corrected chi connectivity index (χ1v) is 5.59. The minimum absolute atomic E-state index is 0.761. The molecule has 0 aliphatic rings. The summed E-state index contributed by atoms with van der Waals surface area (Å²) in [5.74, 6) is 0.0310. The van der Waals surface area contributed by atoms with E-state index in [0.717, 1.165) is 11.3 Å². The molecule has 1 atom stereocenters. The predicted octanol–water partition coefficient (Wildman–Crippen LogP) is 3.58. The summed E-state index contributed by atoms with van der Waals surface area (Å²) in [6, 6.07) is 19.6. The lowest BCUT2D eigenvalue weighted by molar-refractivity contribution is -0.157. The third-order valence-electron chi connectivity index (χ3n) is 2.74. The molecule has 0 aliphatic heterocycles. The first-order chi connectivity index (χ1) is 8.24. The molecule has 0 bridgehead atoms.